The molecule has 2 aliphatic heterocycles. The topological polar surface area (TPSA) is 204 Å². The van der Waals surface area contributed by atoms with Crippen LogP contribution in [-0.2, 0) is 23.1 Å². The second-order valence-corrected chi connectivity index (χ2v) is 25.4. The second-order valence-electron chi connectivity index (χ2n) is 15.9. The van der Waals surface area contributed by atoms with Crippen molar-refractivity contribution < 1.29 is 33.3 Å². The Balaban J connectivity index is 0.000000266. The monoisotopic (exact) mass is 726 g/mol. The predicted molar refractivity (Wildman–Crippen MR) is 188 cm³/mol. The van der Waals surface area contributed by atoms with Crippen LogP contribution < -0.4 is 22.5 Å². The number of aromatic amines is 2. The SMILES string of the molecule is Cc1cn([C@H]2C[C@@H](O[Si](C)(C)C(C)(C)C)[C@@H](C(=O)O)O2)c(=O)[nH]c1=O.Cc1cn([C@H]2C[C@@H](O[Si](C)(C)C(C)(C)C)[C@@H](CO)O2)c(=O)[nH]c1=O. The number of carboxylic acids is 1. The molecule has 0 spiro atoms. The highest BCUT2D eigenvalue weighted by atomic mass is 28.4. The number of rotatable bonds is 8. The third-order valence-electron chi connectivity index (χ3n) is 10.1. The van der Waals surface area contributed by atoms with Crippen LogP contribution in [0.2, 0.25) is 36.3 Å². The number of aromatic nitrogens is 4. The molecule has 15 nitrogen and oxygen atoms in total. The summed E-state index contributed by atoms with van der Waals surface area (Å²) in [6.07, 6.45) is -0.338. The van der Waals surface area contributed by atoms with Crippen molar-refractivity contribution in [2.24, 2.45) is 0 Å². The minimum absolute atomic E-state index is 0.0382. The lowest BCUT2D eigenvalue weighted by atomic mass is 10.2. The molecule has 2 aliphatic rings. The third kappa shape index (κ3) is 9.25. The van der Waals surface area contributed by atoms with Gasteiger partial charge in [0.1, 0.15) is 18.6 Å². The van der Waals surface area contributed by atoms with E-state index in [0.29, 0.717) is 17.5 Å². The standard InChI is InChI=1S/C16H26N2O6Si.C16H28N2O5Si/c1-9-8-18(15(22)17-13(9)19)11-7-10(12(23-11)14(20)21)24-25(5,6)16(2,3)4;1-10-8-18(15(21)17-14(10)20)13-7-11(12(9-19)22-13)23-24(5,6)16(2,3)4/h8,10-12H,7H2,1-6H3,(H,20,21)(H,17,19,22);8,11-13,19H,7,9H2,1-6H3,(H,17,20,21)/t10-,11-,12+;11-,12-,13-/m11/s1. The van der Waals surface area contributed by atoms with E-state index in [1.807, 2.05) is 13.1 Å². The summed E-state index contributed by atoms with van der Waals surface area (Å²) in [5.74, 6) is -1.12. The Labute approximate surface area is 287 Å². The number of aliphatic carboxylic acids is 1. The molecule has 276 valence electrons. The van der Waals surface area contributed by atoms with Gasteiger partial charge in [-0.05, 0) is 50.1 Å². The summed E-state index contributed by atoms with van der Waals surface area (Å²) < 4.78 is 26.6. The van der Waals surface area contributed by atoms with Crippen LogP contribution in [0.15, 0.2) is 31.6 Å². The fourth-order valence-electron chi connectivity index (χ4n) is 5.01. The average molecular weight is 727 g/mol. The van der Waals surface area contributed by atoms with Crippen LogP contribution in [-0.4, -0.2) is 82.9 Å². The van der Waals surface area contributed by atoms with Crippen molar-refractivity contribution in [1.82, 2.24) is 19.1 Å². The number of hydrogen-bond donors (Lipinski definition) is 4. The minimum atomic E-state index is -2.21. The Hall–Kier alpha value is -2.94. The van der Waals surface area contributed by atoms with E-state index in [4.69, 9.17) is 18.3 Å². The van der Waals surface area contributed by atoms with Gasteiger partial charge in [0.2, 0.25) is 0 Å². The molecule has 4 N–H and O–H groups in total. The van der Waals surface area contributed by atoms with Gasteiger partial charge in [0, 0.05) is 36.4 Å². The summed E-state index contributed by atoms with van der Waals surface area (Å²) >= 11 is 0. The first kappa shape index (κ1) is 40.5. The van der Waals surface area contributed by atoms with Gasteiger partial charge in [0.15, 0.2) is 22.7 Å². The van der Waals surface area contributed by atoms with Gasteiger partial charge in [0.25, 0.3) is 11.1 Å². The van der Waals surface area contributed by atoms with E-state index in [2.05, 4.69) is 64.6 Å². The van der Waals surface area contributed by atoms with E-state index in [1.54, 1.807) is 13.8 Å². The lowest BCUT2D eigenvalue weighted by Crippen LogP contribution is -2.47. The van der Waals surface area contributed by atoms with Crippen molar-refractivity contribution in [3.63, 3.8) is 0 Å². The molecule has 6 atom stereocenters. The van der Waals surface area contributed by atoms with Gasteiger partial charge in [-0.2, -0.15) is 0 Å². The van der Waals surface area contributed by atoms with Crippen molar-refractivity contribution in [1.29, 1.82) is 0 Å². The molecule has 0 unspecified atom stereocenters. The maximum absolute atomic E-state index is 12.1. The molecule has 2 aromatic rings. The molecule has 2 saturated heterocycles. The van der Waals surface area contributed by atoms with Crippen molar-refractivity contribution in [3.05, 3.63) is 65.2 Å². The summed E-state index contributed by atoms with van der Waals surface area (Å²) in [4.78, 5) is 63.2. The van der Waals surface area contributed by atoms with Crippen molar-refractivity contribution in [2.75, 3.05) is 6.61 Å². The molecule has 17 heteroatoms. The van der Waals surface area contributed by atoms with Crippen LogP contribution in [0.1, 0.15) is 78.0 Å². The van der Waals surface area contributed by atoms with Gasteiger partial charge >= 0.3 is 17.3 Å². The summed E-state index contributed by atoms with van der Waals surface area (Å²) in [7, 11) is -4.24. The lowest BCUT2D eigenvalue weighted by Gasteiger charge is -2.39. The van der Waals surface area contributed by atoms with E-state index in [-0.39, 0.29) is 29.2 Å². The van der Waals surface area contributed by atoms with Crippen LogP contribution in [0.3, 0.4) is 0 Å². The molecule has 4 rings (SSSR count). The first-order valence-corrected chi connectivity index (χ1v) is 22.3. The molecule has 0 aromatic carbocycles. The zero-order chi connectivity index (χ0) is 37.4. The largest absolute Gasteiger partial charge is 0.479 e. The fourth-order valence-corrected chi connectivity index (χ4v) is 7.70. The highest BCUT2D eigenvalue weighted by molar-refractivity contribution is 6.74. The number of aliphatic hydroxyl groups is 1. The lowest BCUT2D eigenvalue weighted by molar-refractivity contribution is -0.155. The Bertz CT molecular complexity index is 1730. The van der Waals surface area contributed by atoms with Gasteiger partial charge in [-0.1, -0.05) is 41.5 Å². The number of ether oxygens (including phenoxy) is 2. The molecular formula is C32H54N4O11Si2. The van der Waals surface area contributed by atoms with Crippen molar-refractivity contribution in [3.8, 4) is 0 Å². The highest BCUT2D eigenvalue weighted by Crippen LogP contribution is 2.42. The van der Waals surface area contributed by atoms with Crippen LogP contribution in [0.4, 0.5) is 0 Å². The summed E-state index contributed by atoms with van der Waals surface area (Å²) in [6.45, 7) is 24.0. The maximum Gasteiger partial charge on any atom is 0.335 e. The first-order valence-electron chi connectivity index (χ1n) is 16.4. The van der Waals surface area contributed by atoms with Crippen LogP contribution in [0.5, 0.6) is 0 Å². The highest BCUT2D eigenvalue weighted by Gasteiger charge is 2.48. The zero-order valence-corrected chi connectivity index (χ0v) is 32.7. The molecule has 0 amide bonds. The van der Waals surface area contributed by atoms with Gasteiger partial charge < -0.3 is 28.5 Å². The van der Waals surface area contributed by atoms with Crippen molar-refractivity contribution in [2.45, 2.75) is 141 Å². The molecule has 2 aromatic heterocycles. The summed E-state index contributed by atoms with van der Waals surface area (Å²) in [6, 6.07) is 0. The van der Waals surface area contributed by atoms with Crippen LogP contribution >= 0.6 is 0 Å². The van der Waals surface area contributed by atoms with E-state index >= 15 is 0 Å². The molecule has 0 radical (unpaired) electrons. The number of nitrogens with zero attached hydrogens (tertiary/aromatic N) is 2. The normalized spacial score (nSPS) is 24.8. The quantitative estimate of drug-likeness (QED) is 0.291. The fraction of sp³-hybridized carbons (Fsp3) is 0.719. The van der Waals surface area contributed by atoms with E-state index in [1.165, 1.54) is 21.5 Å². The Morgan fingerprint density at radius 3 is 1.57 bits per heavy atom. The van der Waals surface area contributed by atoms with E-state index < -0.39 is 75.9 Å². The van der Waals surface area contributed by atoms with Gasteiger partial charge in [-0.3, -0.25) is 28.7 Å². The molecular weight excluding hydrogens is 673 g/mol. The van der Waals surface area contributed by atoms with Crippen LogP contribution in [0, 0.1) is 13.8 Å². The number of aliphatic hydroxyl groups excluding tert-OH is 1. The van der Waals surface area contributed by atoms with Gasteiger partial charge in [0.05, 0.1) is 18.8 Å². The summed E-state index contributed by atoms with van der Waals surface area (Å²) in [5.41, 5.74) is -1.22. The minimum Gasteiger partial charge on any atom is -0.479 e. The molecule has 49 heavy (non-hydrogen) atoms. The molecule has 0 aliphatic carbocycles. The van der Waals surface area contributed by atoms with Gasteiger partial charge in [-0.15, -0.1) is 0 Å². The third-order valence-corrected chi connectivity index (χ3v) is 19.1. The molecule has 4 heterocycles. The second kappa shape index (κ2) is 14.7. The predicted octanol–water partition coefficient (Wildman–Crippen LogP) is 3.12. The van der Waals surface area contributed by atoms with Crippen molar-refractivity contribution >= 4 is 22.6 Å². The Kier molecular flexibility index (Phi) is 12.2. The smallest absolute Gasteiger partial charge is 0.335 e. The number of nitrogens with one attached hydrogen (secondary N) is 2. The zero-order valence-electron chi connectivity index (χ0n) is 30.7. The van der Waals surface area contributed by atoms with E-state index in [9.17, 15) is 34.2 Å². The molecule has 2 fully saturated rings. The number of carboxylic acid groups (broad SMARTS) is 1. The van der Waals surface area contributed by atoms with Gasteiger partial charge in [-0.25, -0.2) is 14.4 Å². The molecule has 0 saturated carbocycles. The molecule has 0 bridgehead atoms. The van der Waals surface area contributed by atoms with E-state index in [0.717, 1.165) is 0 Å². The number of aryl methyl sites for hydroxylation is 2. The number of carbonyl (C=O) groups is 1. The Morgan fingerprint density at radius 2 is 1.18 bits per heavy atom. The van der Waals surface area contributed by atoms with Crippen LogP contribution in [0.25, 0.3) is 0 Å². The number of hydrogen-bond acceptors (Lipinski definition) is 10. The first-order chi connectivity index (χ1) is 22.3. The Morgan fingerprint density at radius 1 is 0.796 bits per heavy atom. The average Bonchev–Trinajstić information content (AvgIpc) is 3.55. The maximum atomic E-state index is 12.1. The summed E-state index contributed by atoms with van der Waals surface area (Å²) in [5, 5.41) is 19.1. The number of H-pyrrole nitrogens is 2.